The smallest absolute Gasteiger partial charge is 0.148 e. The molecule has 2 aromatic rings. The summed E-state index contributed by atoms with van der Waals surface area (Å²) in [7, 11) is 1.95. The number of halogens is 1. The fourth-order valence-corrected chi connectivity index (χ4v) is 2.35. The van der Waals surface area contributed by atoms with E-state index in [4.69, 9.17) is 0 Å². The van der Waals surface area contributed by atoms with Gasteiger partial charge in [0.1, 0.15) is 11.6 Å². The topological polar surface area (TPSA) is 42.7 Å². The van der Waals surface area contributed by atoms with Crippen molar-refractivity contribution >= 4 is 15.9 Å². The van der Waals surface area contributed by atoms with Crippen LogP contribution in [0.25, 0.3) is 5.69 Å². The van der Waals surface area contributed by atoms with Crippen molar-refractivity contribution in [2.24, 2.45) is 0 Å². The summed E-state index contributed by atoms with van der Waals surface area (Å²) in [6.07, 6.45) is 0. The van der Waals surface area contributed by atoms with Gasteiger partial charge in [0.05, 0.1) is 5.69 Å². The zero-order valence-corrected chi connectivity index (χ0v) is 12.6. The van der Waals surface area contributed by atoms with Gasteiger partial charge in [0.2, 0.25) is 0 Å². The molecule has 1 aromatic heterocycles. The zero-order valence-electron chi connectivity index (χ0n) is 11.0. The monoisotopic (exact) mass is 308 g/mol. The maximum atomic E-state index is 4.45. The Kier molecular flexibility index (Phi) is 3.82. The molecular weight excluding hydrogens is 292 g/mol. The van der Waals surface area contributed by atoms with E-state index in [0.717, 1.165) is 21.8 Å². The molecule has 0 radical (unpaired) electrons. The predicted octanol–water partition coefficient (Wildman–Crippen LogP) is 2.93. The standard InChI is InChI=1S/C13H17BrN4/c1-8(15-4)12-7-11(14)5-6-13(12)18-10(3)16-9(2)17-18/h5-8,15H,1-4H3. The SMILES string of the molecule is CNC(C)c1cc(Br)ccc1-n1nc(C)nc1C. The van der Waals surface area contributed by atoms with Crippen LogP contribution in [0, 0.1) is 13.8 Å². The summed E-state index contributed by atoms with van der Waals surface area (Å²) < 4.78 is 2.96. The fraction of sp³-hybridized carbons (Fsp3) is 0.385. The molecule has 18 heavy (non-hydrogen) atoms. The minimum atomic E-state index is 0.251. The Balaban J connectivity index is 2.60. The second kappa shape index (κ2) is 5.20. The lowest BCUT2D eigenvalue weighted by Crippen LogP contribution is -2.16. The van der Waals surface area contributed by atoms with Gasteiger partial charge < -0.3 is 5.32 Å². The second-order valence-corrected chi connectivity index (χ2v) is 5.25. The molecule has 1 unspecified atom stereocenters. The van der Waals surface area contributed by atoms with E-state index >= 15 is 0 Å². The van der Waals surface area contributed by atoms with Crippen molar-refractivity contribution in [3.8, 4) is 5.69 Å². The van der Waals surface area contributed by atoms with E-state index in [2.05, 4.69) is 50.4 Å². The number of nitrogens with one attached hydrogen (secondary N) is 1. The van der Waals surface area contributed by atoms with Crippen molar-refractivity contribution < 1.29 is 0 Å². The molecule has 0 fully saturated rings. The average Bonchev–Trinajstić information content (AvgIpc) is 2.67. The van der Waals surface area contributed by atoms with E-state index in [1.54, 1.807) is 0 Å². The molecule has 0 aliphatic rings. The number of nitrogens with zero attached hydrogens (tertiary/aromatic N) is 3. The van der Waals surface area contributed by atoms with Crippen molar-refractivity contribution in [2.45, 2.75) is 26.8 Å². The molecule has 0 aliphatic carbocycles. The Bertz CT molecular complexity index is 562. The Morgan fingerprint density at radius 2 is 2.06 bits per heavy atom. The first-order chi connectivity index (χ1) is 8.52. The highest BCUT2D eigenvalue weighted by atomic mass is 79.9. The van der Waals surface area contributed by atoms with Crippen LogP contribution in [0.1, 0.15) is 30.2 Å². The molecule has 96 valence electrons. The van der Waals surface area contributed by atoms with Crippen LogP contribution in [0.3, 0.4) is 0 Å². The highest BCUT2D eigenvalue weighted by Gasteiger charge is 2.14. The third-order valence-electron chi connectivity index (χ3n) is 2.99. The molecule has 1 aromatic carbocycles. The van der Waals surface area contributed by atoms with Crippen LogP contribution in [0.15, 0.2) is 22.7 Å². The maximum absolute atomic E-state index is 4.45. The highest BCUT2D eigenvalue weighted by Crippen LogP contribution is 2.25. The van der Waals surface area contributed by atoms with Crippen LogP contribution in [0.5, 0.6) is 0 Å². The van der Waals surface area contributed by atoms with E-state index in [-0.39, 0.29) is 6.04 Å². The van der Waals surface area contributed by atoms with Gasteiger partial charge in [0, 0.05) is 10.5 Å². The Morgan fingerprint density at radius 1 is 1.33 bits per heavy atom. The number of aryl methyl sites for hydroxylation is 2. The van der Waals surface area contributed by atoms with Crippen LogP contribution in [-0.2, 0) is 0 Å². The molecule has 5 heteroatoms. The summed E-state index contributed by atoms with van der Waals surface area (Å²) in [4.78, 5) is 4.36. The largest absolute Gasteiger partial charge is 0.313 e. The summed E-state index contributed by atoms with van der Waals surface area (Å²) in [5.41, 5.74) is 2.26. The molecule has 2 rings (SSSR count). The lowest BCUT2D eigenvalue weighted by Gasteiger charge is -2.16. The summed E-state index contributed by atoms with van der Waals surface area (Å²) in [6, 6.07) is 6.46. The highest BCUT2D eigenvalue weighted by molar-refractivity contribution is 9.10. The maximum Gasteiger partial charge on any atom is 0.148 e. The van der Waals surface area contributed by atoms with Gasteiger partial charge in [0.15, 0.2) is 0 Å². The van der Waals surface area contributed by atoms with Crippen molar-refractivity contribution in [3.63, 3.8) is 0 Å². The number of hydrogen-bond acceptors (Lipinski definition) is 3. The van der Waals surface area contributed by atoms with Gasteiger partial charge in [0.25, 0.3) is 0 Å². The molecule has 0 saturated carbocycles. The minimum absolute atomic E-state index is 0.251. The number of benzene rings is 1. The number of rotatable bonds is 3. The molecule has 0 bridgehead atoms. The lowest BCUT2D eigenvalue weighted by atomic mass is 10.1. The van der Waals surface area contributed by atoms with Crippen LogP contribution in [0.2, 0.25) is 0 Å². The first-order valence-electron chi connectivity index (χ1n) is 5.90. The van der Waals surface area contributed by atoms with Gasteiger partial charge >= 0.3 is 0 Å². The van der Waals surface area contributed by atoms with Crippen molar-refractivity contribution in [2.75, 3.05) is 7.05 Å². The molecule has 0 amide bonds. The van der Waals surface area contributed by atoms with Gasteiger partial charge in [-0.2, -0.15) is 5.10 Å². The summed E-state index contributed by atoms with van der Waals surface area (Å²) in [5.74, 6) is 1.69. The lowest BCUT2D eigenvalue weighted by molar-refractivity contribution is 0.642. The number of aromatic nitrogens is 3. The summed E-state index contributed by atoms with van der Waals surface area (Å²) in [6.45, 7) is 6.00. The van der Waals surface area contributed by atoms with Crippen LogP contribution in [0.4, 0.5) is 0 Å². The van der Waals surface area contributed by atoms with E-state index in [1.807, 2.05) is 31.6 Å². The third-order valence-corrected chi connectivity index (χ3v) is 3.49. The van der Waals surface area contributed by atoms with Crippen LogP contribution < -0.4 is 5.32 Å². The second-order valence-electron chi connectivity index (χ2n) is 4.33. The number of hydrogen-bond donors (Lipinski definition) is 1. The van der Waals surface area contributed by atoms with Crippen molar-refractivity contribution in [3.05, 3.63) is 39.9 Å². The van der Waals surface area contributed by atoms with Gasteiger partial charge in [-0.15, -0.1) is 0 Å². The summed E-state index contributed by atoms with van der Waals surface area (Å²) >= 11 is 3.52. The molecule has 1 atom stereocenters. The first kappa shape index (κ1) is 13.2. The minimum Gasteiger partial charge on any atom is -0.313 e. The zero-order chi connectivity index (χ0) is 13.3. The van der Waals surface area contributed by atoms with E-state index in [9.17, 15) is 0 Å². The Labute approximate surface area is 116 Å². The van der Waals surface area contributed by atoms with Crippen LogP contribution >= 0.6 is 15.9 Å². The van der Waals surface area contributed by atoms with E-state index in [1.165, 1.54) is 5.56 Å². The van der Waals surface area contributed by atoms with Crippen LogP contribution in [-0.4, -0.2) is 21.8 Å². The van der Waals surface area contributed by atoms with E-state index < -0.39 is 0 Å². The molecule has 0 aliphatic heterocycles. The Hall–Kier alpha value is -1.20. The molecule has 4 nitrogen and oxygen atoms in total. The van der Waals surface area contributed by atoms with Gasteiger partial charge in [-0.25, -0.2) is 9.67 Å². The van der Waals surface area contributed by atoms with Gasteiger partial charge in [-0.3, -0.25) is 0 Å². The first-order valence-corrected chi connectivity index (χ1v) is 6.69. The van der Waals surface area contributed by atoms with Gasteiger partial charge in [-0.05, 0) is 51.6 Å². The molecule has 1 N–H and O–H groups in total. The molecule has 0 spiro atoms. The van der Waals surface area contributed by atoms with Gasteiger partial charge in [-0.1, -0.05) is 15.9 Å². The summed E-state index contributed by atoms with van der Waals surface area (Å²) in [5, 5.41) is 7.71. The Morgan fingerprint density at radius 3 is 2.61 bits per heavy atom. The molecular formula is C13H17BrN4. The third kappa shape index (κ3) is 2.47. The molecule has 1 heterocycles. The van der Waals surface area contributed by atoms with Crippen molar-refractivity contribution in [1.29, 1.82) is 0 Å². The fourth-order valence-electron chi connectivity index (χ4n) is 1.97. The average molecular weight is 309 g/mol. The molecule has 0 saturated heterocycles. The van der Waals surface area contributed by atoms with E-state index in [0.29, 0.717) is 0 Å². The van der Waals surface area contributed by atoms with Crippen molar-refractivity contribution in [1.82, 2.24) is 20.1 Å². The quantitative estimate of drug-likeness (QED) is 0.948. The normalized spacial score (nSPS) is 12.7. The predicted molar refractivity (Wildman–Crippen MR) is 76.0 cm³/mol.